The van der Waals surface area contributed by atoms with Crippen molar-refractivity contribution in [1.82, 2.24) is 0 Å². The minimum atomic E-state index is -0.164. The molecule has 0 aromatic heterocycles. The summed E-state index contributed by atoms with van der Waals surface area (Å²) in [6.45, 7) is 4.18. The second-order valence-electron chi connectivity index (χ2n) is 4.28. The number of hydrogen-bond donors (Lipinski definition) is 0. The summed E-state index contributed by atoms with van der Waals surface area (Å²) >= 11 is 0. The highest BCUT2D eigenvalue weighted by Crippen LogP contribution is 2.52. The highest BCUT2D eigenvalue weighted by atomic mass is 14.5. The maximum absolute atomic E-state index is 8.03. The van der Waals surface area contributed by atoms with Gasteiger partial charge in [0.15, 0.2) is 0 Å². The van der Waals surface area contributed by atoms with Crippen LogP contribution < -0.4 is 0 Å². The summed E-state index contributed by atoms with van der Waals surface area (Å²) in [6.07, 6.45) is 5.66. The number of hydrogen-bond acceptors (Lipinski definition) is 0. The molecule has 2 aliphatic carbocycles. The molecule has 2 saturated carbocycles. The maximum Gasteiger partial charge on any atom is 0.0300 e. The molecule has 0 atom stereocenters. The van der Waals surface area contributed by atoms with Gasteiger partial charge in [-0.05, 0) is 49.3 Å². The van der Waals surface area contributed by atoms with Crippen LogP contribution in [0.5, 0.6) is 0 Å². The predicted molar refractivity (Wildman–Crippen MR) is 43.8 cm³/mol. The zero-order valence-electron chi connectivity index (χ0n) is 8.06. The molecule has 0 heteroatoms. The minimum Gasteiger partial charge on any atom is -0.0625 e. The van der Waals surface area contributed by atoms with Gasteiger partial charge in [-0.2, -0.15) is 0 Å². The molecule has 0 spiro atoms. The van der Waals surface area contributed by atoms with E-state index in [2.05, 4.69) is 13.8 Å². The van der Waals surface area contributed by atoms with Gasteiger partial charge in [0.2, 0.25) is 0 Å². The van der Waals surface area contributed by atoms with Crippen LogP contribution in [0.1, 0.15) is 40.9 Å². The van der Waals surface area contributed by atoms with Crippen LogP contribution in [0, 0.1) is 23.6 Å². The van der Waals surface area contributed by atoms with Crippen LogP contribution in [0.25, 0.3) is 0 Å². The predicted octanol–water partition coefficient (Wildman–Crippen LogP) is 3.08. The fourth-order valence-electron chi connectivity index (χ4n) is 3.19. The van der Waals surface area contributed by atoms with E-state index < -0.39 is 0 Å². The van der Waals surface area contributed by atoms with Crippen LogP contribution in [0.4, 0.5) is 0 Å². The Kier molecular flexibility index (Phi) is 1.27. The molecule has 58 valence electrons. The molecular formula is C10H18. The Morgan fingerprint density at radius 2 is 1.50 bits per heavy atom. The van der Waals surface area contributed by atoms with Gasteiger partial charge < -0.3 is 0 Å². The van der Waals surface area contributed by atoms with Gasteiger partial charge >= 0.3 is 0 Å². The van der Waals surface area contributed by atoms with Crippen molar-refractivity contribution >= 4 is 0 Å². The molecule has 0 nitrogen and oxygen atoms in total. The normalized spacial score (nSPS) is 47.8. The monoisotopic (exact) mass is 139 g/mol. The molecular weight excluding hydrogens is 120 g/mol. The summed E-state index contributed by atoms with van der Waals surface area (Å²) in [5, 5.41) is 0. The zero-order valence-corrected chi connectivity index (χ0v) is 7.06. The summed E-state index contributed by atoms with van der Waals surface area (Å²) in [7, 11) is 0. The SMILES string of the molecule is [2H]C(C)(C)C1C2CCC1CC2. The molecule has 0 aliphatic heterocycles. The van der Waals surface area contributed by atoms with Crippen molar-refractivity contribution in [2.45, 2.75) is 39.5 Å². The summed E-state index contributed by atoms with van der Waals surface area (Å²) in [5.41, 5.74) is 0. The van der Waals surface area contributed by atoms with Crippen molar-refractivity contribution in [3.63, 3.8) is 0 Å². The second kappa shape index (κ2) is 2.25. The third kappa shape index (κ3) is 0.810. The summed E-state index contributed by atoms with van der Waals surface area (Å²) in [6, 6.07) is 0. The number of fused-ring (bicyclic) bond motifs is 2. The average Bonchev–Trinajstić information content (AvgIpc) is 2.40. The van der Waals surface area contributed by atoms with Crippen LogP contribution in [-0.2, 0) is 0 Å². The lowest BCUT2D eigenvalue weighted by Crippen LogP contribution is -2.12. The van der Waals surface area contributed by atoms with E-state index in [-0.39, 0.29) is 5.89 Å². The van der Waals surface area contributed by atoms with Gasteiger partial charge in [-0.1, -0.05) is 13.8 Å². The fourth-order valence-corrected chi connectivity index (χ4v) is 3.19. The van der Waals surface area contributed by atoms with E-state index in [4.69, 9.17) is 1.37 Å². The lowest BCUT2D eigenvalue weighted by Gasteiger charge is -2.19. The van der Waals surface area contributed by atoms with Crippen LogP contribution in [0.3, 0.4) is 0 Å². The molecule has 0 aromatic rings. The molecule has 2 fully saturated rings. The smallest absolute Gasteiger partial charge is 0.0300 e. The van der Waals surface area contributed by atoms with Crippen molar-refractivity contribution in [3.05, 3.63) is 0 Å². The van der Waals surface area contributed by atoms with Gasteiger partial charge in [-0.25, -0.2) is 0 Å². The highest BCUT2D eigenvalue weighted by molar-refractivity contribution is 4.92. The summed E-state index contributed by atoms with van der Waals surface area (Å²) in [4.78, 5) is 0. The van der Waals surface area contributed by atoms with Crippen LogP contribution in [0.2, 0.25) is 0 Å². The van der Waals surface area contributed by atoms with E-state index >= 15 is 0 Å². The third-order valence-electron chi connectivity index (χ3n) is 3.50. The molecule has 0 radical (unpaired) electrons. The quantitative estimate of drug-likeness (QED) is 0.523. The molecule has 0 aromatic carbocycles. The van der Waals surface area contributed by atoms with Crippen molar-refractivity contribution in [3.8, 4) is 0 Å². The first-order chi connectivity index (χ1) is 5.09. The van der Waals surface area contributed by atoms with Crippen LogP contribution in [0.15, 0.2) is 0 Å². The topological polar surface area (TPSA) is 0 Å². The van der Waals surface area contributed by atoms with Crippen LogP contribution in [-0.4, -0.2) is 0 Å². The Balaban J connectivity index is 2.16. The Labute approximate surface area is 65.4 Å². The van der Waals surface area contributed by atoms with E-state index in [1.54, 1.807) is 0 Å². The Morgan fingerprint density at radius 1 is 1.10 bits per heavy atom. The molecule has 0 heterocycles. The molecule has 10 heavy (non-hydrogen) atoms. The third-order valence-corrected chi connectivity index (χ3v) is 3.50. The van der Waals surface area contributed by atoms with Gasteiger partial charge in [-0.15, -0.1) is 0 Å². The van der Waals surface area contributed by atoms with Crippen LogP contribution >= 0.6 is 0 Å². The van der Waals surface area contributed by atoms with Gasteiger partial charge in [-0.3, -0.25) is 0 Å². The van der Waals surface area contributed by atoms with E-state index in [0.717, 1.165) is 17.8 Å². The van der Waals surface area contributed by atoms with Gasteiger partial charge in [0.25, 0.3) is 0 Å². The van der Waals surface area contributed by atoms with E-state index in [0.29, 0.717) is 0 Å². The first-order valence-corrected chi connectivity index (χ1v) is 4.59. The Bertz CT molecular complexity index is 137. The van der Waals surface area contributed by atoms with Gasteiger partial charge in [0.1, 0.15) is 0 Å². The molecule has 0 N–H and O–H groups in total. The molecule has 2 rings (SSSR count). The lowest BCUT2D eigenvalue weighted by molar-refractivity contribution is 0.298. The van der Waals surface area contributed by atoms with E-state index in [1.165, 1.54) is 25.7 Å². The van der Waals surface area contributed by atoms with Crippen molar-refractivity contribution < 1.29 is 1.37 Å². The standard InChI is InChI=1S/C10H18/c1-7(2)10-8-3-4-9(10)6-5-8/h7-10H,3-6H2,1-2H3/i7D. The fraction of sp³-hybridized carbons (Fsp3) is 1.00. The largest absolute Gasteiger partial charge is 0.0625 e. The molecule has 0 amide bonds. The van der Waals surface area contributed by atoms with Crippen molar-refractivity contribution in [2.24, 2.45) is 23.6 Å². The molecule has 0 unspecified atom stereocenters. The second-order valence-corrected chi connectivity index (χ2v) is 4.28. The van der Waals surface area contributed by atoms with Crippen molar-refractivity contribution in [1.29, 1.82) is 0 Å². The highest BCUT2D eigenvalue weighted by Gasteiger charge is 2.42. The summed E-state index contributed by atoms with van der Waals surface area (Å²) in [5.74, 6) is 2.38. The Hall–Kier alpha value is 0. The molecule has 2 aliphatic rings. The van der Waals surface area contributed by atoms with Crippen molar-refractivity contribution in [2.75, 3.05) is 0 Å². The Morgan fingerprint density at radius 3 is 1.70 bits per heavy atom. The zero-order chi connectivity index (χ0) is 8.06. The van der Waals surface area contributed by atoms with E-state index in [9.17, 15) is 0 Å². The lowest BCUT2D eigenvalue weighted by atomic mass is 9.87. The number of rotatable bonds is 1. The van der Waals surface area contributed by atoms with Gasteiger partial charge in [0, 0.05) is 1.37 Å². The minimum absolute atomic E-state index is 0.164. The van der Waals surface area contributed by atoms with E-state index in [1.807, 2.05) is 0 Å². The first-order valence-electron chi connectivity index (χ1n) is 5.09. The molecule has 2 bridgehead atoms. The van der Waals surface area contributed by atoms with Gasteiger partial charge in [0.05, 0.1) is 0 Å². The average molecular weight is 139 g/mol. The maximum atomic E-state index is 8.03. The first kappa shape index (κ1) is 5.62. The molecule has 0 saturated heterocycles. The summed E-state index contributed by atoms with van der Waals surface area (Å²) < 4.78 is 8.03.